The summed E-state index contributed by atoms with van der Waals surface area (Å²) in [6, 6.07) is 23.0. The van der Waals surface area contributed by atoms with Crippen LogP contribution in [-0.2, 0) is 17.4 Å². The Bertz CT molecular complexity index is 895. The normalized spacial score (nSPS) is 16.1. The molecule has 34 heavy (non-hydrogen) atoms. The Morgan fingerprint density at radius 1 is 0.706 bits per heavy atom. The molecule has 0 heterocycles. The maximum atomic E-state index is 4.32. The molecule has 0 saturated heterocycles. The predicted molar refractivity (Wildman–Crippen MR) is 150 cm³/mol. The number of benzene rings is 2. The van der Waals surface area contributed by atoms with Crippen molar-refractivity contribution in [2.24, 2.45) is 5.92 Å². The van der Waals surface area contributed by atoms with E-state index in [2.05, 4.69) is 99.1 Å². The zero-order valence-electron chi connectivity index (χ0n) is 22.3. The van der Waals surface area contributed by atoms with Gasteiger partial charge in [0.05, 0.1) is 0 Å². The Morgan fingerprint density at radius 2 is 1.21 bits per heavy atom. The summed E-state index contributed by atoms with van der Waals surface area (Å²) in [6.07, 6.45) is 11.1. The molecule has 1 N–H and O–H groups in total. The van der Waals surface area contributed by atoms with E-state index in [1.165, 1.54) is 57.9 Å². The van der Waals surface area contributed by atoms with Crippen LogP contribution in [0, 0.1) is 5.92 Å². The molecule has 2 aromatic carbocycles. The molecule has 1 atom stereocenters. The Labute approximate surface area is 217 Å². The Morgan fingerprint density at radius 3 is 1.68 bits per heavy atom. The van der Waals surface area contributed by atoms with Gasteiger partial charge in [-0.3, -0.25) is 0 Å². The number of hydrogen-bond acceptors (Lipinski definition) is 1. The first-order chi connectivity index (χ1) is 16.6. The molecule has 0 spiro atoms. The second-order valence-electron chi connectivity index (χ2n) is 10.1. The standard InChI is InChI=1S/C12H11Si.C10H22N.C9H13.Ti/c1-3-7-11(8-4-1)13-12-9-5-2-6-10-12;1-2-3-4-5-6-7-8-9-10-11;1-6-5-7(2)9(4)8(6)3;/h1-10,13H;11H,2-10H2,1H3;6H,1-4H3;/q;-1;;+1. The van der Waals surface area contributed by atoms with Crippen molar-refractivity contribution >= 4 is 17.0 Å². The van der Waals surface area contributed by atoms with Crippen LogP contribution in [0.4, 0.5) is 0 Å². The first-order valence-corrected chi connectivity index (χ1v) is 19.7. The van der Waals surface area contributed by atoms with E-state index in [-0.39, 0.29) is 0 Å². The van der Waals surface area contributed by atoms with Crippen molar-refractivity contribution in [2.45, 2.75) is 86.0 Å². The summed E-state index contributed by atoms with van der Waals surface area (Å²) in [7, 11) is 0. The van der Waals surface area contributed by atoms with E-state index >= 15 is 0 Å². The van der Waals surface area contributed by atoms with Crippen LogP contribution in [0.1, 0.15) is 86.0 Å². The molecule has 0 bridgehead atoms. The zero-order chi connectivity index (χ0) is 24.3. The average molecular weight is 509 g/mol. The van der Waals surface area contributed by atoms with Crippen molar-refractivity contribution in [3.8, 4) is 0 Å². The molecule has 0 amide bonds. The van der Waals surface area contributed by atoms with Crippen molar-refractivity contribution in [3.63, 3.8) is 0 Å². The van der Waals surface area contributed by atoms with Crippen molar-refractivity contribution in [1.29, 1.82) is 0 Å². The number of hydrogen-bond donors (Lipinski definition) is 1. The summed E-state index contributed by atoms with van der Waals surface area (Å²) < 4.78 is 6.13. The SMILES string of the molecule is CCCCCCCCCC[NH][Ti]([C]1=C(C)C(C)=C(C)C1C)[SiH](c1ccccc1)c1ccccc1. The minimum absolute atomic E-state index is 0.600. The molecule has 1 aliphatic carbocycles. The molecule has 0 aliphatic heterocycles. The third kappa shape index (κ3) is 7.17. The quantitative estimate of drug-likeness (QED) is 0.213. The molecule has 1 aliphatic rings. The summed E-state index contributed by atoms with van der Waals surface area (Å²) in [5.74, 6) is 0.600. The van der Waals surface area contributed by atoms with Crippen LogP contribution < -0.4 is 14.2 Å². The van der Waals surface area contributed by atoms with Crippen molar-refractivity contribution in [3.05, 3.63) is 81.3 Å². The fourth-order valence-electron chi connectivity index (χ4n) is 5.45. The Balaban J connectivity index is 1.80. The molecule has 1 unspecified atom stereocenters. The van der Waals surface area contributed by atoms with Gasteiger partial charge in [-0.05, 0) is 0 Å². The van der Waals surface area contributed by atoms with E-state index < -0.39 is 24.0 Å². The fraction of sp³-hybridized carbons (Fsp3) is 0.484. The van der Waals surface area contributed by atoms with Gasteiger partial charge in [-0.1, -0.05) is 0 Å². The fourth-order valence-corrected chi connectivity index (χ4v) is 21.1. The topological polar surface area (TPSA) is 12.0 Å². The number of rotatable bonds is 14. The van der Waals surface area contributed by atoms with Gasteiger partial charge in [-0.25, -0.2) is 0 Å². The van der Waals surface area contributed by atoms with Crippen LogP contribution in [-0.4, -0.2) is 13.2 Å². The van der Waals surface area contributed by atoms with Gasteiger partial charge in [-0.2, -0.15) is 0 Å². The minimum atomic E-state index is -1.76. The predicted octanol–water partition coefficient (Wildman–Crippen LogP) is 7.05. The summed E-state index contributed by atoms with van der Waals surface area (Å²) in [5, 5.41) is 3.23. The Kier molecular flexibility index (Phi) is 11.6. The van der Waals surface area contributed by atoms with Gasteiger partial charge in [0.25, 0.3) is 0 Å². The van der Waals surface area contributed by atoms with Crippen LogP contribution in [0.3, 0.4) is 0 Å². The van der Waals surface area contributed by atoms with Gasteiger partial charge < -0.3 is 0 Å². The van der Waals surface area contributed by atoms with Crippen LogP contribution in [0.5, 0.6) is 0 Å². The van der Waals surface area contributed by atoms with Gasteiger partial charge in [0, 0.05) is 0 Å². The average Bonchev–Trinajstić information content (AvgIpc) is 3.06. The summed E-state index contributed by atoms with van der Waals surface area (Å²) in [4.78, 5) is 0. The second kappa shape index (κ2) is 14.4. The first kappa shape index (κ1) is 27.4. The zero-order valence-corrected chi connectivity index (χ0v) is 25.0. The van der Waals surface area contributed by atoms with Crippen LogP contribution in [0.2, 0.25) is 0 Å². The van der Waals surface area contributed by atoms with Gasteiger partial charge in [-0.15, -0.1) is 0 Å². The first-order valence-electron chi connectivity index (χ1n) is 13.7. The van der Waals surface area contributed by atoms with Crippen molar-refractivity contribution in [1.82, 2.24) is 3.80 Å². The van der Waals surface area contributed by atoms with Crippen molar-refractivity contribution < 1.29 is 17.4 Å². The van der Waals surface area contributed by atoms with Crippen LogP contribution in [0.15, 0.2) is 81.3 Å². The van der Waals surface area contributed by atoms with Crippen molar-refractivity contribution in [2.75, 3.05) is 6.54 Å². The summed E-state index contributed by atoms with van der Waals surface area (Å²) >= 11 is -1.76. The monoisotopic (exact) mass is 508 g/mol. The molecule has 0 saturated carbocycles. The van der Waals surface area contributed by atoms with E-state index in [9.17, 15) is 0 Å². The van der Waals surface area contributed by atoms with Crippen LogP contribution >= 0.6 is 0 Å². The molecule has 183 valence electrons. The van der Waals surface area contributed by atoms with E-state index in [1.54, 1.807) is 27.1 Å². The van der Waals surface area contributed by atoms with Crippen LogP contribution in [0.25, 0.3) is 0 Å². The molecule has 0 fully saturated rings. The molecule has 0 aromatic heterocycles. The molecule has 0 radical (unpaired) electrons. The molecular formula is C31H46NSiTi. The van der Waals surface area contributed by atoms with Gasteiger partial charge in [0.1, 0.15) is 0 Å². The number of nitrogens with one attached hydrogen (secondary N) is 1. The number of allylic oxidation sites excluding steroid dienone is 4. The molecule has 3 rings (SSSR count). The van der Waals surface area contributed by atoms with Gasteiger partial charge in [0.2, 0.25) is 0 Å². The van der Waals surface area contributed by atoms with Gasteiger partial charge >= 0.3 is 218 Å². The van der Waals surface area contributed by atoms with E-state index in [1.807, 2.05) is 3.88 Å². The summed E-state index contributed by atoms with van der Waals surface area (Å²) in [5.41, 5.74) is 4.75. The molecule has 3 heteroatoms. The third-order valence-corrected chi connectivity index (χ3v) is 21.6. The van der Waals surface area contributed by atoms with E-state index in [0.29, 0.717) is 5.92 Å². The maximum absolute atomic E-state index is 4.32. The second-order valence-corrected chi connectivity index (χ2v) is 20.1. The molecule has 1 nitrogen and oxygen atoms in total. The van der Waals surface area contributed by atoms with E-state index in [0.717, 1.165) is 0 Å². The van der Waals surface area contributed by atoms with Gasteiger partial charge in [0.15, 0.2) is 0 Å². The molecular weight excluding hydrogens is 462 g/mol. The molecule has 2 aromatic rings. The third-order valence-electron chi connectivity index (χ3n) is 7.83. The summed E-state index contributed by atoms with van der Waals surface area (Å²) in [6.45, 7) is 11.7. The Hall–Kier alpha value is -1.19. The van der Waals surface area contributed by atoms with E-state index in [4.69, 9.17) is 0 Å². The number of unbranched alkanes of at least 4 members (excludes halogenated alkanes) is 7.